The monoisotopic (exact) mass is 163 g/mol. The Labute approximate surface area is 73.4 Å². The summed E-state index contributed by atoms with van der Waals surface area (Å²) in [6, 6.07) is 0. The summed E-state index contributed by atoms with van der Waals surface area (Å²) in [7, 11) is 0. The van der Waals surface area contributed by atoms with Gasteiger partial charge < -0.3 is 0 Å². The molecule has 2 nitrogen and oxygen atoms in total. The van der Waals surface area contributed by atoms with Gasteiger partial charge in [0.15, 0.2) is 5.78 Å². The zero-order chi connectivity index (χ0) is 9.61. The number of terminal acetylenes is 1. The Morgan fingerprint density at radius 2 is 2.42 bits per heavy atom. The van der Waals surface area contributed by atoms with Crippen LogP contribution in [0.25, 0.3) is 0 Å². The molecule has 1 unspecified atom stereocenters. The molecule has 1 atom stereocenters. The number of Topliss-reactive ketones (excluding diaryl/α,β-unsaturated/α-hetero) is 1. The fourth-order valence-corrected chi connectivity index (χ4v) is 0.980. The topological polar surface area (TPSA) is 29.4 Å². The van der Waals surface area contributed by atoms with Crippen molar-refractivity contribution in [3.05, 3.63) is 12.7 Å². The SMILES string of the molecule is C#CCC(CC=C)(N=C)C(C)=O. The van der Waals surface area contributed by atoms with Crippen LogP contribution in [-0.2, 0) is 4.79 Å². The van der Waals surface area contributed by atoms with Crippen LogP contribution >= 0.6 is 0 Å². The van der Waals surface area contributed by atoms with Crippen molar-refractivity contribution in [1.29, 1.82) is 0 Å². The van der Waals surface area contributed by atoms with Gasteiger partial charge in [-0.15, -0.1) is 18.9 Å². The van der Waals surface area contributed by atoms with Gasteiger partial charge >= 0.3 is 0 Å². The van der Waals surface area contributed by atoms with E-state index in [1.165, 1.54) is 6.92 Å². The van der Waals surface area contributed by atoms with Crippen molar-refractivity contribution in [1.82, 2.24) is 0 Å². The minimum Gasteiger partial charge on any atom is -0.297 e. The van der Waals surface area contributed by atoms with E-state index in [-0.39, 0.29) is 12.2 Å². The second-order valence-corrected chi connectivity index (χ2v) is 2.62. The van der Waals surface area contributed by atoms with Gasteiger partial charge in [0.2, 0.25) is 0 Å². The molecule has 0 fully saturated rings. The van der Waals surface area contributed by atoms with Crippen LogP contribution in [0.2, 0.25) is 0 Å². The molecule has 0 saturated heterocycles. The summed E-state index contributed by atoms with van der Waals surface area (Å²) in [5, 5.41) is 0. The first-order valence-corrected chi connectivity index (χ1v) is 3.66. The third-order valence-electron chi connectivity index (χ3n) is 1.83. The molecular weight excluding hydrogens is 150 g/mol. The molecule has 0 aromatic heterocycles. The van der Waals surface area contributed by atoms with Crippen LogP contribution in [0.5, 0.6) is 0 Å². The molecule has 0 aliphatic heterocycles. The number of nitrogens with zero attached hydrogens (tertiary/aromatic N) is 1. The Balaban J connectivity index is 4.76. The molecule has 0 aliphatic rings. The van der Waals surface area contributed by atoms with Gasteiger partial charge in [0.1, 0.15) is 5.54 Å². The molecule has 0 radical (unpaired) electrons. The Bertz CT molecular complexity index is 237. The molecule has 0 aliphatic carbocycles. The predicted octanol–water partition coefficient (Wildman–Crippen LogP) is 1.61. The van der Waals surface area contributed by atoms with Crippen LogP contribution in [0.4, 0.5) is 0 Å². The quantitative estimate of drug-likeness (QED) is 0.344. The van der Waals surface area contributed by atoms with Crippen molar-refractivity contribution < 1.29 is 4.79 Å². The fraction of sp³-hybridized carbons (Fsp3) is 0.400. The van der Waals surface area contributed by atoms with Crippen molar-refractivity contribution >= 4 is 12.5 Å². The molecule has 2 heteroatoms. The van der Waals surface area contributed by atoms with Crippen molar-refractivity contribution in [2.75, 3.05) is 0 Å². The zero-order valence-corrected chi connectivity index (χ0v) is 7.34. The summed E-state index contributed by atoms with van der Waals surface area (Å²) in [6.45, 7) is 8.39. The second-order valence-electron chi connectivity index (χ2n) is 2.62. The number of hydrogen-bond acceptors (Lipinski definition) is 2. The van der Waals surface area contributed by atoms with Gasteiger partial charge in [0.25, 0.3) is 0 Å². The standard InChI is InChI=1S/C10H13NO/c1-5-7-10(11-4,8-6-2)9(3)12/h1,6H,2,4,7-8H2,3H3. The highest BCUT2D eigenvalue weighted by molar-refractivity contribution is 5.87. The lowest BCUT2D eigenvalue weighted by Gasteiger charge is -2.22. The molecule has 0 N–H and O–H groups in total. The number of hydrogen-bond donors (Lipinski definition) is 0. The molecule has 0 spiro atoms. The first-order chi connectivity index (χ1) is 5.63. The van der Waals surface area contributed by atoms with Crippen molar-refractivity contribution in [2.45, 2.75) is 25.3 Å². The summed E-state index contributed by atoms with van der Waals surface area (Å²) in [5.41, 5.74) is -0.837. The van der Waals surface area contributed by atoms with Crippen molar-refractivity contribution in [2.24, 2.45) is 4.99 Å². The zero-order valence-electron chi connectivity index (χ0n) is 7.34. The van der Waals surface area contributed by atoms with Crippen LogP contribution in [0.15, 0.2) is 17.6 Å². The maximum atomic E-state index is 11.2. The lowest BCUT2D eigenvalue weighted by Crippen LogP contribution is -2.33. The van der Waals surface area contributed by atoms with Crippen LogP contribution in [0.1, 0.15) is 19.8 Å². The molecule has 0 rings (SSSR count). The van der Waals surface area contributed by atoms with E-state index in [4.69, 9.17) is 6.42 Å². The van der Waals surface area contributed by atoms with E-state index in [1.54, 1.807) is 6.08 Å². The van der Waals surface area contributed by atoms with Gasteiger partial charge in [0.05, 0.1) is 0 Å². The van der Waals surface area contributed by atoms with Gasteiger partial charge in [-0.3, -0.25) is 9.79 Å². The number of carbonyl (C=O) groups is 1. The van der Waals surface area contributed by atoms with E-state index in [1.807, 2.05) is 0 Å². The smallest absolute Gasteiger partial charge is 0.158 e. The summed E-state index contributed by atoms with van der Waals surface area (Å²) < 4.78 is 0. The van der Waals surface area contributed by atoms with Crippen LogP contribution < -0.4 is 0 Å². The largest absolute Gasteiger partial charge is 0.297 e. The Morgan fingerprint density at radius 1 is 1.83 bits per heavy atom. The average Bonchev–Trinajstić information content (AvgIpc) is 2.03. The molecule has 64 valence electrons. The number of ketones is 1. The Hall–Kier alpha value is -1.36. The first kappa shape index (κ1) is 10.6. The third-order valence-corrected chi connectivity index (χ3v) is 1.83. The summed E-state index contributed by atoms with van der Waals surface area (Å²) >= 11 is 0. The molecule has 12 heavy (non-hydrogen) atoms. The van der Waals surface area contributed by atoms with Gasteiger partial charge in [0, 0.05) is 6.42 Å². The van der Waals surface area contributed by atoms with E-state index in [9.17, 15) is 4.79 Å². The highest BCUT2D eigenvalue weighted by atomic mass is 16.1. The summed E-state index contributed by atoms with van der Waals surface area (Å²) in [4.78, 5) is 15.0. The predicted molar refractivity (Wildman–Crippen MR) is 51.2 cm³/mol. The minimum atomic E-state index is -0.837. The van der Waals surface area contributed by atoms with Crippen LogP contribution in [-0.4, -0.2) is 18.0 Å². The van der Waals surface area contributed by atoms with Crippen molar-refractivity contribution in [3.63, 3.8) is 0 Å². The highest BCUT2D eigenvalue weighted by Crippen LogP contribution is 2.21. The maximum absolute atomic E-state index is 11.2. The molecule has 0 saturated carbocycles. The molecular formula is C10H13NO. The molecule has 0 aromatic rings. The van der Waals surface area contributed by atoms with Crippen LogP contribution in [0.3, 0.4) is 0 Å². The second kappa shape index (κ2) is 4.50. The van der Waals surface area contributed by atoms with Gasteiger partial charge in [-0.1, -0.05) is 6.08 Å². The molecule has 0 aromatic carbocycles. The minimum absolute atomic E-state index is 0.0599. The third kappa shape index (κ3) is 2.06. The Morgan fingerprint density at radius 3 is 2.67 bits per heavy atom. The van der Waals surface area contributed by atoms with Gasteiger partial charge in [-0.2, -0.15) is 0 Å². The fourth-order valence-electron chi connectivity index (χ4n) is 0.980. The molecule has 0 heterocycles. The molecule has 0 amide bonds. The van der Waals surface area contributed by atoms with E-state index in [0.717, 1.165) is 0 Å². The van der Waals surface area contributed by atoms with Crippen molar-refractivity contribution in [3.8, 4) is 12.3 Å². The number of rotatable bonds is 5. The summed E-state index contributed by atoms with van der Waals surface area (Å²) in [6.07, 6.45) is 7.51. The first-order valence-electron chi connectivity index (χ1n) is 3.66. The van der Waals surface area contributed by atoms with Gasteiger partial charge in [-0.05, 0) is 20.1 Å². The maximum Gasteiger partial charge on any atom is 0.158 e. The van der Waals surface area contributed by atoms with E-state index < -0.39 is 5.54 Å². The van der Waals surface area contributed by atoms with E-state index in [0.29, 0.717) is 6.42 Å². The van der Waals surface area contributed by atoms with E-state index in [2.05, 4.69) is 24.2 Å². The highest BCUT2D eigenvalue weighted by Gasteiger charge is 2.31. The van der Waals surface area contributed by atoms with E-state index >= 15 is 0 Å². The lowest BCUT2D eigenvalue weighted by atomic mass is 9.88. The molecule has 0 bridgehead atoms. The lowest BCUT2D eigenvalue weighted by molar-refractivity contribution is -0.121. The normalized spacial score (nSPS) is 14.0. The van der Waals surface area contributed by atoms with Crippen LogP contribution in [0, 0.1) is 12.3 Å². The summed E-state index contributed by atoms with van der Waals surface area (Å²) in [5.74, 6) is 2.36. The number of carbonyl (C=O) groups excluding carboxylic acids is 1. The van der Waals surface area contributed by atoms with Gasteiger partial charge in [-0.25, -0.2) is 0 Å². The average molecular weight is 163 g/mol. The number of aliphatic imine (C=N–C) groups is 1. The Kier molecular flexibility index (Phi) is 3.99.